The Morgan fingerprint density at radius 2 is 1.52 bits per heavy atom. The van der Waals surface area contributed by atoms with Crippen LogP contribution in [0.15, 0.2) is 18.2 Å². The summed E-state index contributed by atoms with van der Waals surface area (Å²) < 4.78 is 4.68. The third-order valence-electron chi connectivity index (χ3n) is 4.06. The maximum atomic E-state index is 11.7. The van der Waals surface area contributed by atoms with Crippen LogP contribution in [0.2, 0.25) is 0 Å². The highest BCUT2D eigenvalue weighted by atomic mass is 16.6. The molecule has 0 aliphatic carbocycles. The molecule has 0 amide bonds. The molecule has 3 nitrogen and oxygen atoms in total. The zero-order valence-electron chi connectivity index (χ0n) is 12.8. The van der Waals surface area contributed by atoms with Crippen molar-refractivity contribution in [1.29, 1.82) is 0 Å². The molecule has 2 rings (SSSR count). The molecule has 0 radical (unpaired) electrons. The number of rotatable bonds is 9. The Kier molecular flexibility index (Phi) is 5.97. The molecular formula is C18H24O3. The summed E-state index contributed by atoms with van der Waals surface area (Å²) in [6.45, 7) is 2.23. The second-order valence-corrected chi connectivity index (χ2v) is 5.74. The molecule has 1 heterocycles. The maximum Gasteiger partial charge on any atom is 0.347 e. The third kappa shape index (κ3) is 4.16. The molecule has 0 saturated heterocycles. The summed E-state index contributed by atoms with van der Waals surface area (Å²) in [6, 6.07) is 5.43. The molecule has 1 aliphatic heterocycles. The number of esters is 2. The van der Waals surface area contributed by atoms with Crippen molar-refractivity contribution in [3.8, 4) is 0 Å². The fourth-order valence-corrected chi connectivity index (χ4v) is 2.86. The van der Waals surface area contributed by atoms with Crippen LogP contribution in [0, 0.1) is 0 Å². The third-order valence-corrected chi connectivity index (χ3v) is 4.06. The Morgan fingerprint density at radius 3 is 2.24 bits per heavy atom. The van der Waals surface area contributed by atoms with Gasteiger partial charge >= 0.3 is 11.9 Å². The molecule has 114 valence electrons. The van der Waals surface area contributed by atoms with Gasteiger partial charge in [-0.2, -0.15) is 0 Å². The van der Waals surface area contributed by atoms with Gasteiger partial charge in [-0.15, -0.1) is 0 Å². The minimum absolute atomic E-state index is 0.428. The number of aryl methyl sites for hydroxylation is 1. The van der Waals surface area contributed by atoms with Gasteiger partial charge in [0.15, 0.2) is 0 Å². The molecule has 3 heteroatoms. The molecule has 0 aromatic heterocycles. The number of fused-ring (bicyclic) bond motifs is 1. The monoisotopic (exact) mass is 288 g/mol. The first-order valence-electron chi connectivity index (χ1n) is 8.12. The van der Waals surface area contributed by atoms with Crippen LogP contribution in [0.25, 0.3) is 0 Å². The molecule has 0 saturated carbocycles. The van der Waals surface area contributed by atoms with E-state index in [1.807, 2.05) is 12.1 Å². The number of hydrogen-bond acceptors (Lipinski definition) is 3. The highest BCUT2D eigenvalue weighted by molar-refractivity contribution is 6.15. The van der Waals surface area contributed by atoms with Gasteiger partial charge in [0.25, 0.3) is 0 Å². The van der Waals surface area contributed by atoms with Crippen LogP contribution in [0.4, 0.5) is 0 Å². The first kappa shape index (κ1) is 15.7. The summed E-state index contributed by atoms with van der Waals surface area (Å²) in [5, 5.41) is 0. The van der Waals surface area contributed by atoms with Crippen LogP contribution in [0.1, 0.15) is 84.6 Å². The first-order valence-corrected chi connectivity index (χ1v) is 8.12. The molecule has 0 unspecified atom stereocenters. The Labute approximate surface area is 126 Å². The largest absolute Gasteiger partial charge is 0.386 e. The van der Waals surface area contributed by atoms with Crippen molar-refractivity contribution in [3.05, 3.63) is 34.9 Å². The van der Waals surface area contributed by atoms with Gasteiger partial charge < -0.3 is 4.74 Å². The fraction of sp³-hybridized carbons (Fsp3) is 0.556. The molecule has 0 atom stereocenters. The highest BCUT2D eigenvalue weighted by Crippen LogP contribution is 2.25. The van der Waals surface area contributed by atoms with Crippen LogP contribution in [-0.4, -0.2) is 11.9 Å². The lowest BCUT2D eigenvalue weighted by Gasteiger charge is -2.05. The molecule has 0 bridgehead atoms. The van der Waals surface area contributed by atoms with Crippen molar-refractivity contribution in [2.24, 2.45) is 0 Å². The maximum absolute atomic E-state index is 11.7. The number of benzene rings is 1. The predicted octanol–water partition coefficient (Wildman–Crippen LogP) is 4.68. The van der Waals surface area contributed by atoms with Gasteiger partial charge in [-0.1, -0.05) is 64.0 Å². The van der Waals surface area contributed by atoms with Crippen molar-refractivity contribution in [2.75, 3.05) is 0 Å². The minimum atomic E-state index is -0.507. The van der Waals surface area contributed by atoms with Crippen molar-refractivity contribution in [2.45, 2.75) is 64.7 Å². The lowest BCUT2D eigenvalue weighted by Crippen LogP contribution is -2.00. The zero-order valence-corrected chi connectivity index (χ0v) is 12.8. The van der Waals surface area contributed by atoms with E-state index in [2.05, 4.69) is 11.7 Å². The predicted molar refractivity (Wildman–Crippen MR) is 82.5 cm³/mol. The highest BCUT2D eigenvalue weighted by Gasteiger charge is 2.31. The van der Waals surface area contributed by atoms with Gasteiger partial charge in [-0.3, -0.25) is 0 Å². The standard InChI is InChI=1S/C18H24O3/c1-2-3-4-5-6-7-8-9-11-14-12-10-13-15-16(14)18(20)21-17(15)19/h10,12-13H,2-9,11H2,1H3. The van der Waals surface area contributed by atoms with Crippen molar-refractivity contribution < 1.29 is 14.3 Å². The molecule has 0 fully saturated rings. The zero-order chi connectivity index (χ0) is 15.1. The summed E-state index contributed by atoms with van der Waals surface area (Å²) in [7, 11) is 0. The average Bonchev–Trinajstić information content (AvgIpc) is 2.78. The lowest BCUT2D eigenvalue weighted by molar-refractivity contribution is 0.0443. The number of cyclic esters (lactones) is 2. The normalized spacial score (nSPS) is 13.4. The minimum Gasteiger partial charge on any atom is -0.386 e. The van der Waals surface area contributed by atoms with Crippen molar-refractivity contribution in [1.82, 2.24) is 0 Å². The number of ether oxygens (including phenoxy) is 1. The number of carbonyl (C=O) groups is 2. The fourth-order valence-electron chi connectivity index (χ4n) is 2.86. The van der Waals surface area contributed by atoms with Gasteiger partial charge in [0, 0.05) is 0 Å². The van der Waals surface area contributed by atoms with Crippen LogP contribution < -0.4 is 0 Å². The molecule has 1 aromatic carbocycles. The average molecular weight is 288 g/mol. The molecule has 21 heavy (non-hydrogen) atoms. The van der Waals surface area contributed by atoms with E-state index in [9.17, 15) is 9.59 Å². The van der Waals surface area contributed by atoms with Crippen LogP contribution >= 0.6 is 0 Å². The number of unbranched alkanes of at least 4 members (excludes halogenated alkanes) is 7. The quantitative estimate of drug-likeness (QED) is 0.376. The van der Waals surface area contributed by atoms with Crippen LogP contribution in [0.3, 0.4) is 0 Å². The van der Waals surface area contributed by atoms with Crippen molar-refractivity contribution in [3.63, 3.8) is 0 Å². The Bertz CT molecular complexity index is 505. The summed E-state index contributed by atoms with van der Waals surface area (Å²) in [6.07, 6.45) is 10.9. The Balaban J connectivity index is 1.75. The number of hydrogen-bond donors (Lipinski definition) is 0. The lowest BCUT2D eigenvalue weighted by atomic mass is 9.97. The first-order chi connectivity index (χ1) is 10.2. The van der Waals surface area contributed by atoms with Gasteiger partial charge in [0.1, 0.15) is 0 Å². The van der Waals surface area contributed by atoms with E-state index in [0.717, 1.165) is 18.4 Å². The Morgan fingerprint density at radius 1 is 0.857 bits per heavy atom. The van der Waals surface area contributed by atoms with E-state index >= 15 is 0 Å². The second kappa shape index (κ2) is 7.96. The van der Waals surface area contributed by atoms with E-state index in [1.54, 1.807) is 6.07 Å². The summed E-state index contributed by atoms with van der Waals surface area (Å²) in [5.41, 5.74) is 1.87. The molecule has 0 N–H and O–H groups in total. The smallest absolute Gasteiger partial charge is 0.347 e. The number of carbonyl (C=O) groups excluding carboxylic acids is 2. The van der Waals surface area contributed by atoms with Gasteiger partial charge in [0.2, 0.25) is 0 Å². The van der Waals surface area contributed by atoms with Crippen LogP contribution in [0.5, 0.6) is 0 Å². The molecular weight excluding hydrogens is 264 g/mol. The summed E-state index contributed by atoms with van der Waals surface area (Å²) in [4.78, 5) is 23.2. The van der Waals surface area contributed by atoms with E-state index in [0.29, 0.717) is 11.1 Å². The van der Waals surface area contributed by atoms with Crippen LogP contribution in [-0.2, 0) is 11.2 Å². The van der Waals surface area contributed by atoms with Gasteiger partial charge in [-0.25, -0.2) is 9.59 Å². The van der Waals surface area contributed by atoms with Crippen molar-refractivity contribution >= 4 is 11.9 Å². The molecule has 1 aliphatic rings. The van der Waals surface area contributed by atoms with Gasteiger partial charge in [-0.05, 0) is 24.5 Å². The topological polar surface area (TPSA) is 43.4 Å². The second-order valence-electron chi connectivity index (χ2n) is 5.74. The van der Waals surface area contributed by atoms with E-state index in [4.69, 9.17) is 0 Å². The van der Waals surface area contributed by atoms with E-state index in [1.165, 1.54) is 44.9 Å². The SMILES string of the molecule is CCCCCCCCCCc1cccc2c1C(=O)OC2=O. The Hall–Kier alpha value is -1.64. The summed E-state index contributed by atoms with van der Waals surface area (Å²) >= 11 is 0. The van der Waals surface area contributed by atoms with E-state index in [-0.39, 0.29) is 0 Å². The molecule has 1 aromatic rings. The van der Waals surface area contributed by atoms with Gasteiger partial charge in [0.05, 0.1) is 11.1 Å². The molecule has 0 spiro atoms. The summed E-state index contributed by atoms with van der Waals surface area (Å²) in [5.74, 6) is -0.988. The van der Waals surface area contributed by atoms with E-state index < -0.39 is 11.9 Å².